The molecule has 0 fully saturated rings. The van der Waals surface area contributed by atoms with E-state index >= 15 is 0 Å². The summed E-state index contributed by atoms with van der Waals surface area (Å²) in [7, 11) is 0. The van der Waals surface area contributed by atoms with Crippen molar-refractivity contribution in [1.82, 2.24) is 0 Å². The van der Waals surface area contributed by atoms with Gasteiger partial charge in [-0.25, -0.2) is 0 Å². The largest absolute Gasteiger partial charge is 0.484 e. The number of ether oxygens (including phenoxy) is 1. The molecular weight excluding hydrogens is 279 g/mol. The Hall–Kier alpha value is -2.17. The summed E-state index contributed by atoms with van der Waals surface area (Å²) in [4.78, 5) is 0. The topological polar surface area (TPSA) is 21.3 Å². The summed E-state index contributed by atoms with van der Waals surface area (Å²) >= 11 is 0. The highest BCUT2D eigenvalue weighted by molar-refractivity contribution is 5.48. The van der Waals surface area contributed by atoms with Crippen LogP contribution < -0.4 is 10.1 Å². The van der Waals surface area contributed by atoms with Gasteiger partial charge >= 0.3 is 6.18 Å². The lowest BCUT2D eigenvalue weighted by Crippen LogP contribution is -2.19. The van der Waals surface area contributed by atoms with E-state index < -0.39 is 12.8 Å². The lowest BCUT2D eigenvalue weighted by Gasteiger charge is -2.16. The average Bonchev–Trinajstić information content (AvgIpc) is 2.46. The van der Waals surface area contributed by atoms with Crippen molar-refractivity contribution in [2.45, 2.75) is 19.1 Å². The van der Waals surface area contributed by atoms with E-state index in [1.807, 2.05) is 37.3 Å². The first-order valence-electron chi connectivity index (χ1n) is 6.55. The number of anilines is 1. The van der Waals surface area contributed by atoms with Gasteiger partial charge < -0.3 is 10.1 Å². The molecule has 0 saturated heterocycles. The molecular formula is C16H16F3NO. The predicted molar refractivity (Wildman–Crippen MR) is 76.5 cm³/mol. The number of hydrogen-bond acceptors (Lipinski definition) is 2. The molecule has 0 amide bonds. The van der Waals surface area contributed by atoms with E-state index in [1.165, 1.54) is 12.1 Å². The number of hydrogen-bond donors (Lipinski definition) is 1. The molecule has 0 heterocycles. The van der Waals surface area contributed by atoms with Gasteiger partial charge in [0.05, 0.1) is 0 Å². The molecule has 0 saturated carbocycles. The second kappa shape index (κ2) is 6.52. The minimum Gasteiger partial charge on any atom is -0.484 e. The van der Waals surface area contributed by atoms with Gasteiger partial charge in [-0.15, -0.1) is 0 Å². The zero-order chi connectivity index (χ0) is 15.3. The van der Waals surface area contributed by atoms with Gasteiger partial charge in [0.2, 0.25) is 0 Å². The van der Waals surface area contributed by atoms with Gasteiger partial charge in [-0.05, 0) is 36.8 Å². The van der Waals surface area contributed by atoms with Crippen LogP contribution in [0, 0.1) is 0 Å². The number of halogens is 3. The van der Waals surface area contributed by atoms with Crippen molar-refractivity contribution in [3.63, 3.8) is 0 Å². The smallest absolute Gasteiger partial charge is 0.422 e. The summed E-state index contributed by atoms with van der Waals surface area (Å²) in [5.74, 6) is 0.199. The molecule has 2 rings (SSSR count). The van der Waals surface area contributed by atoms with Crippen molar-refractivity contribution in [1.29, 1.82) is 0 Å². The number of alkyl halides is 3. The predicted octanol–water partition coefficient (Wildman–Crippen LogP) is 4.80. The normalized spacial score (nSPS) is 12.8. The SMILES string of the molecule is CC(Nc1ccc(OCC(F)(F)F)cc1)c1ccccc1. The van der Waals surface area contributed by atoms with Gasteiger partial charge in [-0.1, -0.05) is 30.3 Å². The molecule has 0 aliphatic carbocycles. The number of benzene rings is 2. The van der Waals surface area contributed by atoms with E-state index in [0.717, 1.165) is 11.3 Å². The summed E-state index contributed by atoms with van der Waals surface area (Å²) in [5, 5.41) is 3.28. The van der Waals surface area contributed by atoms with Crippen molar-refractivity contribution < 1.29 is 17.9 Å². The fraction of sp³-hybridized carbons (Fsp3) is 0.250. The highest BCUT2D eigenvalue weighted by atomic mass is 19.4. The van der Waals surface area contributed by atoms with Crippen molar-refractivity contribution >= 4 is 5.69 Å². The first-order valence-corrected chi connectivity index (χ1v) is 6.55. The van der Waals surface area contributed by atoms with E-state index in [4.69, 9.17) is 0 Å². The lowest BCUT2D eigenvalue weighted by atomic mass is 10.1. The van der Waals surface area contributed by atoms with Crippen LogP contribution in [0.4, 0.5) is 18.9 Å². The molecule has 0 radical (unpaired) electrons. The van der Waals surface area contributed by atoms with E-state index in [0.29, 0.717) is 0 Å². The Kier molecular flexibility index (Phi) is 4.73. The Labute approximate surface area is 121 Å². The maximum absolute atomic E-state index is 12.0. The first kappa shape index (κ1) is 15.2. The molecule has 21 heavy (non-hydrogen) atoms. The Bertz CT molecular complexity index is 552. The highest BCUT2D eigenvalue weighted by Gasteiger charge is 2.28. The zero-order valence-corrected chi connectivity index (χ0v) is 11.5. The molecule has 2 aromatic rings. The average molecular weight is 295 g/mol. The van der Waals surface area contributed by atoms with Crippen LogP contribution >= 0.6 is 0 Å². The van der Waals surface area contributed by atoms with Crippen LogP contribution in [0.5, 0.6) is 5.75 Å². The standard InChI is InChI=1S/C16H16F3NO/c1-12(13-5-3-2-4-6-13)20-14-7-9-15(10-8-14)21-11-16(17,18)19/h2-10,12,20H,11H2,1H3. The van der Waals surface area contributed by atoms with Gasteiger partial charge in [0.1, 0.15) is 5.75 Å². The molecule has 5 heteroatoms. The van der Waals surface area contributed by atoms with Crippen LogP contribution in [0.2, 0.25) is 0 Å². The quantitative estimate of drug-likeness (QED) is 0.855. The van der Waals surface area contributed by atoms with Crippen LogP contribution in [-0.4, -0.2) is 12.8 Å². The molecule has 0 aliphatic rings. The minimum absolute atomic E-state index is 0.105. The minimum atomic E-state index is -4.32. The van der Waals surface area contributed by atoms with Crippen molar-refractivity contribution in [3.05, 3.63) is 60.2 Å². The van der Waals surface area contributed by atoms with E-state index in [2.05, 4.69) is 10.1 Å². The third-order valence-corrected chi connectivity index (χ3v) is 2.94. The van der Waals surface area contributed by atoms with Gasteiger partial charge in [-0.3, -0.25) is 0 Å². The second-order valence-electron chi connectivity index (χ2n) is 4.70. The molecule has 0 aliphatic heterocycles. The fourth-order valence-corrected chi connectivity index (χ4v) is 1.89. The van der Waals surface area contributed by atoms with Gasteiger partial charge in [0, 0.05) is 11.7 Å². The summed E-state index contributed by atoms with van der Waals surface area (Å²) in [6.45, 7) is 0.740. The first-order chi connectivity index (χ1) is 9.94. The Morgan fingerprint density at radius 1 is 1.00 bits per heavy atom. The molecule has 0 aromatic heterocycles. The number of nitrogens with one attached hydrogen (secondary N) is 1. The maximum Gasteiger partial charge on any atom is 0.422 e. The molecule has 2 aromatic carbocycles. The Morgan fingerprint density at radius 2 is 1.62 bits per heavy atom. The van der Waals surface area contributed by atoms with Gasteiger partial charge in [-0.2, -0.15) is 13.2 Å². The molecule has 1 atom stereocenters. The van der Waals surface area contributed by atoms with E-state index in [9.17, 15) is 13.2 Å². The third-order valence-electron chi connectivity index (χ3n) is 2.94. The van der Waals surface area contributed by atoms with Crippen LogP contribution in [0.25, 0.3) is 0 Å². The van der Waals surface area contributed by atoms with Crippen LogP contribution in [-0.2, 0) is 0 Å². The molecule has 0 bridgehead atoms. The summed E-state index contributed by atoms with van der Waals surface area (Å²) < 4.78 is 40.8. The summed E-state index contributed by atoms with van der Waals surface area (Å²) in [5.41, 5.74) is 1.96. The van der Waals surface area contributed by atoms with Crippen LogP contribution in [0.1, 0.15) is 18.5 Å². The summed E-state index contributed by atoms with van der Waals surface area (Å²) in [6, 6.07) is 16.4. The van der Waals surface area contributed by atoms with Crippen molar-refractivity contribution in [3.8, 4) is 5.75 Å². The maximum atomic E-state index is 12.0. The Morgan fingerprint density at radius 3 is 2.19 bits per heavy atom. The molecule has 1 N–H and O–H groups in total. The lowest BCUT2D eigenvalue weighted by molar-refractivity contribution is -0.153. The van der Waals surface area contributed by atoms with Crippen molar-refractivity contribution in [2.24, 2.45) is 0 Å². The van der Waals surface area contributed by atoms with Crippen molar-refractivity contribution in [2.75, 3.05) is 11.9 Å². The van der Waals surface area contributed by atoms with Gasteiger partial charge in [0.15, 0.2) is 6.61 Å². The second-order valence-corrected chi connectivity index (χ2v) is 4.70. The number of rotatable bonds is 5. The van der Waals surface area contributed by atoms with Crippen LogP contribution in [0.15, 0.2) is 54.6 Å². The fourth-order valence-electron chi connectivity index (χ4n) is 1.89. The Balaban J connectivity index is 1.93. The molecule has 2 nitrogen and oxygen atoms in total. The molecule has 1 unspecified atom stereocenters. The van der Waals surface area contributed by atoms with E-state index in [1.54, 1.807) is 12.1 Å². The molecule has 112 valence electrons. The highest BCUT2D eigenvalue weighted by Crippen LogP contribution is 2.23. The zero-order valence-electron chi connectivity index (χ0n) is 11.5. The van der Waals surface area contributed by atoms with E-state index in [-0.39, 0.29) is 11.8 Å². The summed E-state index contributed by atoms with van der Waals surface area (Å²) in [6.07, 6.45) is -4.32. The third kappa shape index (κ3) is 5.02. The molecule has 0 spiro atoms. The monoisotopic (exact) mass is 295 g/mol. The van der Waals surface area contributed by atoms with Gasteiger partial charge in [0.25, 0.3) is 0 Å². The van der Waals surface area contributed by atoms with Crippen LogP contribution in [0.3, 0.4) is 0 Å².